The summed E-state index contributed by atoms with van der Waals surface area (Å²) in [5, 5.41) is 9.72. The largest absolute Gasteiger partial charge is 0.461 e. The molecule has 2 heterocycles. The molecule has 0 aliphatic carbocycles. The monoisotopic (exact) mass is 525 g/mol. The zero-order valence-electron chi connectivity index (χ0n) is 17.9. The third kappa shape index (κ3) is 4.89. The van der Waals surface area contributed by atoms with Crippen LogP contribution >= 0.6 is 27.3 Å². The number of aryl methyl sites for hydroxylation is 1. The molecule has 0 radical (unpaired) electrons. The molecule has 0 saturated carbocycles. The zero-order chi connectivity index (χ0) is 23.5. The number of rotatable bonds is 6. The first-order chi connectivity index (χ1) is 15.9. The van der Waals surface area contributed by atoms with E-state index < -0.39 is 11.5 Å². The van der Waals surface area contributed by atoms with Crippen molar-refractivity contribution in [2.45, 2.75) is 20.3 Å². The highest BCUT2D eigenvalue weighted by Gasteiger charge is 2.23. The Kier molecular flexibility index (Phi) is 6.71. The van der Waals surface area contributed by atoms with Gasteiger partial charge in [-0.3, -0.25) is 9.59 Å². The molecule has 4 rings (SSSR count). The molecule has 0 unspecified atom stereocenters. The molecule has 0 saturated heterocycles. The number of fused-ring (bicyclic) bond motifs is 1. The summed E-state index contributed by atoms with van der Waals surface area (Å²) in [5.74, 6) is -0.891. The Morgan fingerprint density at radius 2 is 1.94 bits per heavy atom. The SMILES string of the molecule is CCOC(=O)c1nn(-c2ccc(Br)cc2)c(=O)c2c(NC(=O)Cc3cccc(C)c3)scc12. The molecule has 9 heteroatoms. The molecule has 2 aromatic heterocycles. The lowest BCUT2D eigenvalue weighted by Crippen LogP contribution is -2.25. The number of nitrogens with zero attached hydrogens (tertiary/aromatic N) is 2. The van der Waals surface area contributed by atoms with Crippen molar-refractivity contribution in [3.63, 3.8) is 0 Å². The van der Waals surface area contributed by atoms with Gasteiger partial charge in [-0.1, -0.05) is 45.8 Å². The van der Waals surface area contributed by atoms with Gasteiger partial charge in [-0.15, -0.1) is 11.3 Å². The highest BCUT2D eigenvalue weighted by Crippen LogP contribution is 2.31. The van der Waals surface area contributed by atoms with Gasteiger partial charge in [0.05, 0.1) is 24.1 Å². The molecule has 0 fully saturated rings. The fourth-order valence-corrected chi connectivity index (χ4v) is 4.64. The number of benzene rings is 2. The number of carbonyl (C=O) groups is 2. The highest BCUT2D eigenvalue weighted by molar-refractivity contribution is 9.10. The van der Waals surface area contributed by atoms with Crippen LogP contribution in [0.15, 0.2) is 63.2 Å². The Hall–Kier alpha value is -3.30. The molecule has 1 N–H and O–H groups in total. The minimum Gasteiger partial charge on any atom is -0.461 e. The van der Waals surface area contributed by atoms with E-state index in [2.05, 4.69) is 26.3 Å². The predicted octanol–water partition coefficient (Wildman–Crippen LogP) is 4.88. The Balaban J connectivity index is 1.79. The van der Waals surface area contributed by atoms with Crippen molar-refractivity contribution in [1.29, 1.82) is 0 Å². The molecule has 0 aliphatic rings. The second-order valence-corrected chi connectivity index (χ2v) is 9.13. The summed E-state index contributed by atoms with van der Waals surface area (Å²) < 4.78 is 7.15. The van der Waals surface area contributed by atoms with Crippen LogP contribution in [-0.2, 0) is 16.0 Å². The highest BCUT2D eigenvalue weighted by atomic mass is 79.9. The lowest BCUT2D eigenvalue weighted by atomic mass is 10.1. The number of hydrogen-bond acceptors (Lipinski definition) is 6. The van der Waals surface area contributed by atoms with Crippen molar-refractivity contribution in [3.05, 3.63) is 85.6 Å². The van der Waals surface area contributed by atoms with Crippen LogP contribution in [0.3, 0.4) is 0 Å². The van der Waals surface area contributed by atoms with Crippen LogP contribution in [-0.4, -0.2) is 28.3 Å². The van der Waals surface area contributed by atoms with E-state index in [1.165, 1.54) is 11.3 Å². The molecular weight excluding hydrogens is 506 g/mol. The Bertz CT molecular complexity index is 1410. The minimum absolute atomic E-state index is 0.0183. The van der Waals surface area contributed by atoms with Crippen LogP contribution in [0, 0.1) is 6.92 Å². The van der Waals surface area contributed by atoms with Crippen molar-refractivity contribution in [3.8, 4) is 5.69 Å². The first-order valence-electron chi connectivity index (χ1n) is 10.2. The number of halogens is 1. The first kappa shape index (κ1) is 22.9. The molecular formula is C24H20BrN3O4S. The zero-order valence-corrected chi connectivity index (χ0v) is 20.3. The van der Waals surface area contributed by atoms with E-state index in [0.717, 1.165) is 20.3 Å². The van der Waals surface area contributed by atoms with Gasteiger partial charge in [-0.25, -0.2) is 4.79 Å². The van der Waals surface area contributed by atoms with E-state index in [0.29, 0.717) is 16.1 Å². The number of thiophene rings is 1. The van der Waals surface area contributed by atoms with Crippen LogP contribution in [0.4, 0.5) is 5.00 Å². The Morgan fingerprint density at radius 3 is 2.64 bits per heavy atom. The van der Waals surface area contributed by atoms with Gasteiger partial charge in [-0.2, -0.15) is 9.78 Å². The van der Waals surface area contributed by atoms with Gasteiger partial charge in [0.1, 0.15) is 5.00 Å². The van der Waals surface area contributed by atoms with Crippen molar-refractivity contribution in [1.82, 2.24) is 9.78 Å². The van der Waals surface area contributed by atoms with E-state index in [9.17, 15) is 14.4 Å². The average Bonchev–Trinajstić information content (AvgIpc) is 3.19. The molecule has 0 bridgehead atoms. The van der Waals surface area contributed by atoms with E-state index in [1.807, 2.05) is 31.2 Å². The second kappa shape index (κ2) is 9.68. The average molecular weight is 526 g/mol. The number of nitrogens with one attached hydrogen (secondary N) is 1. The lowest BCUT2D eigenvalue weighted by molar-refractivity contribution is -0.115. The summed E-state index contributed by atoms with van der Waals surface area (Å²) in [7, 11) is 0. The number of amides is 1. The molecule has 0 aliphatic heterocycles. The molecule has 0 spiro atoms. The summed E-state index contributed by atoms with van der Waals surface area (Å²) in [6.45, 7) is 3.83. The molecule has 168 valence electrons. The number of hydrogen-bond donors (Lipinski definition) is 1. The van der Waals surface area contributed by atoms with Gasteiger partial charge in [0.15, 0.2) is 5.69 Å². The molecule has 1 amide bonds. The van der Waals surface area contributed by atoms with E-state index in [-0.39, 0.29) is 30.0 Å². The fourth-order valence-electron chi connectivity index (χ4n) is 3.43. The Labute approximate surface area is 202 Å². The molecule has 4 aromatic rings. The minimum atomic E-state index is -0.635. The fraction of sp³-hybridized carbons (Fsp3) is 0.167. The first-order valence-corrected chi connectivity index (χ1v) is 11.9. The summed E-state index contributed by atoms with van der Waals surface area (Å²) in [5.41, 5.74) is 2.00. The second-order valence-electron chi connectivity index (χ2n) is 7.33. The number of aromatic nitrogens is 2. The third-order valence-electron chi connectivity index (χ3n) is 4.89. The standard InChI is InChI=1S/C24H20BrN3O4S/c1-3-32-24(31)21-18-13-33-22(26-19(29)12-15-6-4-5-14(2)11-15)20(18)23(30)28(27-21)17-9-7-16(25)8-10-17/h4-11,13H,3,12H2,1-2H3,(H,26,29). The quantitative estimate of drug-likeness (QED) is 0.362. The molecule has 33 heavy (non-hydrogen) atoms. The smallest absolute Gasteiger partial charge is 0.359 e. The van der Waals surface area contributed by atoms with E-state index in [1.54, 1.807) is 36.6 Å². The van der Waals surface area contributed by atoms with E-state index in [4.69, 9.17) is 4.74 Å². The number of carbonyl (C=O) groups excluding carboxylic acids is 2. The number of ether oxygens (including phenoxy) is 1. The number of anilines is 1. The van der Waals surface area contributed by atoms with Gasteiger partial charge in [-0.05, 0) is 43.7 Å². The normalized spacial score (nSPS) is 10.9. The number of esters is 1. The van der Waals surface area contributed by atoms with Crippen molar-refractivity contribution in [2.75, 3.05) is 11.9 Å². The maximum absolute atomic E-state index is 13.4. The molecule has 2 aromatic carbocycles. The molecule has 0 atom stereocenters. The van der Waals surface area contributed by atoms with E-state index >= 15 is 0 Å². The maximum atomic E-state index is 13.4. The van der Waals surface area contributed by atoms with Gasteiger partial charge >= 0.3 is 5.97 Å². The van der Waals surface area contributed by atoms with Gasteiger partial charge < -0.3 is 10.1 Å². The predicted molar refractivity (Wildman–Crippen MR) is 132 cm³/mol. The summed E-state index contributed by atoms with van der Waals surface area (Å²) in [6, 6.07) is 14.6. The van der Waals surface area contributed by atoms with Crippen LogP contribution in [0.2, 0.25) is 0 Å². The Morgan fingerprint density at radius 1 is 1.18 bits per heavy atom. The van der Waals surface area contributed by atoms with Crippen molar-refractivity contribution < 1.29 is 14.3 Å². The maximum Gasteiger partial charge on any atom is 0.359 e. The van der Waals surface area contributed by atoms with Gasteiger partial charge in [0.25, 0.3) is 5.56 Å². The van der Waals surface area contributed by atoms with Gasteiger partial charge in [0.2, 0.25) is 5.91 Å². The topological polar surface area (TPSA) is 90.3 Å². The van der Waals surface area contributed by atoms with Gasteiger partial charge in [0, 0.05) is 15.2 Å². The van der Waals surface area contributed by atoms with Crippen molar-refractivity contribution >= 4 is 54.9 Å². The summed E-state index contributed by atoms with van der Waals surface area (Å²) >= 11 is 4.55. The third-order valence-corrected chi connectivity index (χ3v) is 6.32. The van der Waals surface area contributed by atoms with Crippen LogP contribution in [0.1, 0.15) is 28.5 Å². The van der Waals surface area contributed by atoms with Crippen molar-refractivity contribution in [2.24, 2.45) is 0 Å². The van der Waals surface area contributed by atoms with Crippen LogP contribution in [0.25, 0.3) is 16.5 Å². The van der Waals surface area contributed by atoms with Crippen LogP contribution < -0.4 is 10.9 Å². The lowest BCUT2D eigenvalue weighted by Gasteiger charge is -2.10. The molecule has 7 nitrogen and oxygen atoms in total. The summed E-state index contributed by atoms with van der Waals surface area (Å²) in [4.78, 5) is 38.8. The summed E-state index contributed by atoms with van der Waals surface area (Å²) in [6.07, 6.45) is 0.164. The van der Waals surface area contributed by atoms with Crippen LogP contribution in [0.5, 0.6) is 0 Å².